The van der Waals surface area contributed by atoms with Crippen LogP contribution in [0.1, 0.15) is 24.4 Å². The van der Waals surface area contributed by atoms with Crippen LogP contribution < -0.4 is 5.32 Å². The lowest BCUT2D eigenvalue weighted by Gasteiger charge is -2.30. The molecule has 3 rings (SSSR count). The zero-order valence-electron chi connectivity index (χ0n) is 13.7. The van der Waals surface area contributed by atoms with E-state index >= 15 is 0 Å². The van der Waals surface area contributed by atoms with E-state index in [4.69, 9.17) is 0 Å². The van der Waals surface area contributed by atoms with Crippen molar-refractivity contribution in [3.63, 3.8) is 0 Å². The zero-order chi connectivity index (χ0) is 18.0. The van der Waals surface area contributed by atoms with Crippen molar-refractivity contribution in [3.8, 4) is 0 Å². The topological polar surface area (TPSA) is 78.8 Å². The SMILES string of the molecule is Cn1ccnc1CN1CCC(C(=O)Nc2cc(C(F)(F)F)[nH]n2)CC1. The molecule has 1 fully saturated rings. The van der Waals surface area contributed by atoms with Gasteiger partial charge < -0.3 is 9.88 Å². The van der Waals surface area contributed by atoms with Crippen molar-refractivity contribution in [3.05, 3.63) is 30.0 Å². The average Bonchev–Trinajstić information content (AvgIpc) is 3.17. The van der Waals surface area contributed by atoms with Crippen LogP contribution in [-0.4, -0.2) is 43.6 Å². The quantitative estimate of drug-likeness (QED) is 0.878. The average molecular weight is 356 g/mol. The Labute approximate surface area is 142 Å². The van der Waals surface area contributed by atoms with Crippen LogP contribution in [0, 0.1) is 5.92 Å². The summed E-state index contributed by atoms with van der Waals surface area (Å²) in [5.74, 6) is 0.326. The van der Waals surface area contributed by atoms with Crippen molar-refractivity contribution in [1.82, 2.24) is 24.6 Å². The smallest absolute Gasteiger partial charge is 0.337 e. The lowest BCUT2D eigenvalue weighted by atomic mass is 9.96. The van der Waals surface area contributed by atoms with Crippen LogP contribution in [0.2, 0.25) is 0 Å². The minimum absolute atomic E-state index is 0.104. The van der Waals surface area contributed by atoms with Crippen molar-refractivity contribution in [1.29, 1.82) is 0 Å². The fourth-order valence-corrected chi connectivity index (χ4v) is 2.86. The molecule has 0 spiro atoms. The normalized spacial score (nSPS) is 17.0. The van der Waals surface area contributed by atoms with Crippen LogP contribution in [0.15, 0.2) is 18.5 Å². The van der Waals surface area contributed by atoms with Gasteiger partial charge in [-0.3, -0.25) is 14.8 Å². The predicted molar refractivity (Wildman–Crippen MR) is 83.4 cm³/mol. The van der Waals surface area contributed by atoms with Crippen molar-refractivity contribution in [2.75, 3.05) is 18.4 Å². The fraction of sp³-hybridized carbons (Fsp3) is 0.533. The highest BCUT2D eigenvalue weighted by atomic mass is 19.4. The number of amides is 1. The molecule has 3 heterocycles. The van der Waals surface area contributed by atoms with E-state index in [1.807, 2.05) is 22.9 Å². The van der Waals surface area contributed by atoms with Crippen LogP contribution >= 0.6 is 0 Å². The first-order valence-electron chi connectivity index (χ1n) is 7.95. The number of hydrogen-bond donors (Lipinski definition) is 2. The number of aromatic nitrogens is 4. The standard InChI is InChI=1S/C15H19F3N6O/c1-23-7-4-19-13(23)9-24-5-2-10(3-6-24)14(25)20-12-8-11(21-22-12)15(16,17)18/h4,7-8,10H,2-3,5-6,9H2,1H3,(H2,20,21,22,25). The Morgan fingerprint density at radius 3 is 2.68 bits per heavy atom. The second-order valence-corrected chi connectivity index (χ2v) is 6.16. The molecule has 0 bridgehead atoms. The number of imidazole rings is 1. The minimum Gasteiger partial charge on any atom is -0.337 e. The molecule has 0 aliphatic carbocycles. The summed E-state index contributed by atoms with van der Waals surface area (Å²) in [4.78, 5) is 18.7. The molecule has 25 heavy (non-hydrogen) atoms. The van der Waals surface area contributed by atoms with Gasteiger partial charge in [0.1, 0.15) is 11.5 Å². The highest BCUT2D eigenvalue weighted by Gasteiger charge is 2.33. The molecule has 1 aliphatic heterocycles. The molecule has 1 aliphatic rings. The van der Waals surface area contributed by atoms with Crippen LogP contribution in [-0.2, 0) is 24.6 Å². The number of nitrogens with zero attached hydrogens (tertiary/aromatic N) is 4. The van der Waals surface area contributed by atoms with Crippen LogP contribution in [0.4, 0.5) is 19.0 Å². The Morgan fingerprint density at radius 2 is 2.12 bits per heavy atom. The van der Waals surface area contributed by atoms with Gasteiger partial charge in [-0.2, -0.15) is 18.3 Å². The molecule has 0 saturated carbocycles. The third-order valence-electron chi connectivity index (χ3n) is 4.38. The molecule has 7 nitrogen and oxygen atoms in total. The second kappa shape index (κ2) is 6.87. The van der Waals surface area contributed by atoms with Gasteiger partial charge in [-0.25, -0.2) is 4.98 Å². The molecule has 0 unspecified atom stereocenters. The van der Waals surface area contributed by atoms with E-state index < -0.39 is 11.9 Å². The van der Waals surface area contributed by atoms with Gasteiger partial charge in [0.15, 0.2) is 5.82 Å². The molecule has 2 aromatic rings. The third kappa shape index (κ3) is 4.19. The van der Waals surface area contributed by atoms with Crippen molar-refractivity contribution in [2.24, 2.45) is 13.0 Å². The predicted octanol–water partition coefficient (Wildman–Crippen LogP) is 2.01. The number of likely N-dealkylation sites (tertiary alicyclic amines) is 1. The van der Waals surface area contributed by atoms with Crippen molar-refractivity contribution < 1.29 is 18.0 Å². The summed E-state index contributed by atoms with van der Waals surface area (Å²) in [6.07, 6.45) is 0.412. The molecule has 0 atom stereocenters. The summed E-state index contributed by atoms with van der Waals surface area (Å²) in [5, 5.41) is 7.83. The van der Waals surface area contributed by atoms with Gasteiger partial charge in [0.25, 0.3) is 0 Å². The molecular formula is C15H19F3N6O. The summed E-state index contributed by atoms with van der Waals surface area (Å²) in [6, 6.07) is 0.800. The van der Waals surface area contributed by atoms with Crippen LogP contribution in [0.25, 0.3) is 0 Å². The second-order valence-electron chi connectivity index (χ2n) is 6.16. The monoisotopic (exact) mass is 356 g/mol. The third-order valence-corrected chi connectivity index (χ3v) is 4.38. The van der Waals surface area contributed by atoms with E-state index in [2.05, 4.69) is 20.3 Å². The number of nitrogens with one attached hydrogen (secondary N) is 2. The molecule has 136 valence electrons. The van der Waals surface area contributed by atoms with Gasteiger partial charge in [-0.15, -0.1) is 0 Å². The maximum absolute atomic E-state index is 12.5. The first kappa shape index (κ1) is 17.5. The van der Waals surface area contributed by atoms with Gasteiger partial charge in [0.2, 0.25) is 5.91 Å². The summed E-state index contributed by atoms with van der Waals surface area (Å²) in [6.45, 7) is 2.19. The van der Waals surface area contributed by atoms with Gasteiger partial charge in [0, 0.05) is 31.4 Å². The summed E-state index contributed by atoms with van der Waals surface area (Å²) in [7, 11) is 1.93. The Bertz CT molecular complexity index is 730. The Kier molecular flexibility index (Phi) is 4.80. The number of alkyl halides is 3. The highest BCUT2D eigenvalue weighted by molar-refractivity contribution is 5.91. The van der Waals surface area contributed by atoms with Gasteiger partial charge in [-0.05, 0) is 25.9 Å². The van der Waals surface area contributed by atoms with Crippen molar-refractivity contribution >= 4 is 11.7 Å². The van der Waals surface area contributed by atoms with E-state index in [1.165, 1.54) is 0 Å². The van der Waals surface area contributed by atoms with Gasteiger partial charge in [-0.1, -0.05) is 0 Å². The molecule has 10 heteroatoms. The zero-order valence-corrected chi connectivity index (χ0v) is 13.7. The maximum Gasteiger partial charge on any atom is 0.432 e. The van der Waals surface area contributed by atoms with Gasteiger partial charge in [0.05, 0.1) is 6.54 Å². The number of anilines is 1. The van der Waals surface area contributed by atoms with E-state index in [0.717, 1.165) is 25.0 Å². The largest absolute Gasteiger partial charge is 0.432 e. The Balaban J connectivity index is 1.50. The molecular weight excluding hydrogens is 337 g/mol. The van der Waals surface area contributed by atoms with Crippen LogP contribution in [0.5, 0.6) is 0 Å². The summed E-state index contributed by atoms with van der Waals surface area (Å²) >= 11 is 0. The molecule has 0 aromatic carbocycles. The number of rotatable bonds is 4. The van der Waals surface area contributed by atoms with E-state index in [1.54, 1.807) is 6.20 Å². The summed E-state index contributed by atoms with van der Waals surface area (Å²) in [5.41, 5.74) is -0.979. The molecule has 2 N–H and O–H groups in total. The number of carbonyl (C=O) groups excluding carboxylic acids is 1. The molecule has 2 aromatic heterocycles. The number of aryl methyl sites for hydroxylation is 1. The number of H-pyrrole nitrogens is 1. The minimum atomic E-state index is -4.51. The molecule has 0 radical (unpaired) electrons. The summed E-state index contributed by atoms with van der Waals surface area (Å²) < 4.78 is 39.5. The molecule has 1 saturated heterocycles. The highest BCUT2D eigenvalue weighted by Crippen LogP contribution is 2.29. The number of hydrogen-bond acceptors (Lipinski definition) is 4. The fourth-order valence-electron chi connectivity index (χ4n) is 2.86. The van der Waals surface area contributed by atoms with Gasteiger partial charge >= 0.3 is 6.18 Å². The Morgan fingerprint density at radius 1 is 1.40 bits per heavy atom. The van der Waals surface area contributed by atoms with E-state index in [-0.39, 0.29) is 17.6 Å². The first-order valence-corrected chi connectivity index (χ1v) is 7.95. The number of halogens is 3. The number of aromatic amines is 1. The lowest BCUT2D eigenvalue weighted by Crippen LogP contribution is -2.38. The lowest BCUT2D eigenvalue weighted by molar-refractivity contribution is -0.141. The first-order chi connectivity index (χ1) is 11.8. The Hall–Kier alpha value is -2.36. The van der Waals surface area contributed by atoms with Crippen molar-refractivity contribution in [2.45, 2.75) is 25.6 Å². The van der Waals surface area contributed by atoms with Crippen LogP contribution in [0.3, 0.4) is 0 Å². The van der Waals surface area contributed by atoms with E-state index in [9.17, 15) is 18.0 Å². The number of piperidine rings is 1. The van der Waals surface area contributed by atoms with E-state index in [0.29, 0.717) is 19.4 Å². The molecule has 1 amide bonds. The number of carbonyl (C=O) groups is 1. The maximum atomic E-state index is 12.5.